The summed E-state index contributed by atoms with van der Waals surface area (Å²) in [6.45, 7) is 5.85. The maximum absolute atomic E-state index is 13.0. The molecule has 3 aromatic rings. The molecule has 3 heterocycles. The molecule has 5 rings (SSSR count). The smallest absolute Gasteiger partial charge is 0.407 e. The average Bonchev–Trinajstić information content (AvgIpc) is 2.94. The minimum absolute atomic E-state index is 0.0926. The molecule has 0 radical (unpaired) electrons. The summed E-state index contributed by atoms with van der Waals surface area (Å²) in [5.74, 6) is 1.06. The lowest BCUT2D eigenvalue weighted by atomic mass is 10.0. The van der Waals surface area contributed by atoms with Crippen LogP contribution < -0.4 is 20.3 Å². The number of piperidine rings is 1. The Bertz CT molecular complexity index is 1440. The van der Waals surface area contributed by atoms with Crippen LogP contribution in [0.25, 0.3) is 10.9 Å². The first-order chi connectivity index (χ1) is 18.8. The minimum atomic E-state index is -0.937. The molecule has 0 saturated carbocycles. The Kier molecular flexibility index (Phi) is 7.74. The minimum Gasteiger partial charge on any atom is -0.486 e. The lowest BCUT2D eigenvalue weighted by molar-refractivity contribution is 0.0855. The molecule has 1 saturated heterocycles. The van der Waals surface area contributed by atoms with Crippen LogP contribution in [0.5, 0.6) is 11.5 Å². The molecule has 2 N–H and O–H groups in total. The maximum Gasteiger partial charge on any atom is 0.407 e. The number of hydrogen-bond donors (Lipinski definition) is 2. The number of aromatic nitrogens is 1. The van der Waals surface area contributed by atoms with Gasteiger partial charge in [0.05, 0.1) is 11.1 Å². The highest BCUT2D eigenvalue weighted by molar-refractivity contribution is 6.06. The van der Waals surface area contributed by atoms with Crippen LogP contribution in [0, 0.1) is 6.92 Å². The third-order valence-corrected chi connectivity index (χ3v) is 7.58. The van der Waals surface area contributed by atoms with Crippen molar-refractivity contribution >= 4 is 22.9 Å². The van der Waals surface area contributed by atoms with E-state index in [1.807, 2.05) is 43.3 Å². The van der Waals surface area contributed by atoms with E-state index in [9.17, 15) is 19.5 Å². The number of nitrogens with one attached hydrogen (secondary N) is 1. The molecule has 2 aliphatic heterocycles. The zero-order chi connectivity index (χ0) is 27.5. The Morgan fingerprint density at radius 3 is 2.49 bits per heavy atom. The molecule has 1 fully saturated rings. The Morgan fingerprint density at radius 2 is 1.77 bits per heavy atom. The van der Waals surface area contributed by atoms with Crippen molar-refractivity contribution in [3.8, 4) is 11.5 Å². The molecule has 2 amide bonds. The zero-order valence-corrected chi connectivity index (χ0v) is 22.3. The fourth-order valence-corrected chi connectivity index (χ4v) is 5.48. The monoisotopic (exact) mass is 534 g/mol. The second-order valence-electron chi connectivity index (χ2n) is 10.1. The summed E-state index contributed by atoms with van der Waals surface area (Å²) in [4.78, 5) is 41.3. The van der Waals surface area contributed by atoms with Crippen LogP contribution >= 0.6 is 0 Å². The first-order valence-corrected chi connectivity index (χ1v) is 13.3. The predicted octanol–water partition coefficient (Wildman–Crippen LogP) is 3.09. The van der Waals surface area contributed by atoms with Gasteiger partial charge in [0.2, 0.25) is 0 Å². The molecule has 0 atom stereocenters. The van der Waals surface area contributed by atoms with E-state index in [0.29, 0.717) is 56.2 Å². The normalized spacial score (nSPS) is 15.7. The number of carbonyl (C=O) groups excluding carboxylic acids is 1. The van der Waals surface area contributed by atoms with E-state index >= 15 is 0 Å². The Morgan fingerprint density at radius 1 is 1.03 bits per heavy atom. The lowest BCUT2D eigenvalue weighted by Gasteiger charge is -2.37. The number of hydrogen-bond acceptors (Lipinski definition) is 6. The van der Waals surface area contributed by atoms with Gasteiger partial charge in [-0.25, -0.2) is 4.79 Å². The highest BCUT2D eigenvalue weighted by Gasteiger charge is 2.28. The summed E-state index contributed by atoms with van der Waals surface area (Å²) >= 11 is 0. The van der Waals surface area contributed by atoms with Gasteiger partial charge in [-0.1, -0.05) is 18.2 Å². The average molecular weight is 535 g/mol. The molecule has 0 bridgehead atoms. The van der Waals surface area contributed by atoms with E-state index in [0.717, 1.165) is 35.1 Å². The van der Waals surface area contributed by atoms with Crippen molar-refractivity contribution in [2.75, 3.05) is 39.9 Å². The number of aryl methyl sites for hydroxylation is 1. The molecular weight excluding hydrogens is 500 g/mol. The van der Waals surface area contributed by atoms with Gasteiger partial charge in [0.15, 0.2) is 11.5 Å². The molecule has 0 spiro atoms. The summed E-state index contributed by atoms with van der Waals surface area (Å²) in [6, 6.07) is 12.7. The van der Waals surface area contributed by atoms with Gasteiger partial charge in [-0.15, -0.1) is 0 Å². The number of benzene rings is 2. The predicted molar refractivity (Wildman–Crippen MR) is 147 cm³/mol. The summed E-state index contributed by atoms with van der Waals surface area (Å²) in [5.41, 5.74) is 2.79. The molecule has 0 aliphatic carbocycles. The molecule has 2 aliphatic rings. The van der Waals surface area contributed by atoms with E-state index in [2.05, 4.69) is 10.2 Å². The number of likely N-dealkylation sites (tertiary alicyclic amines) is 1. The third-order valence-electron chi connectivity index (χ3n) is 7.58. The zero-order valence-electron chi connectivity index (χ0n) is 22.3. The molecular formula is C29H34N4O6. The van der Waals surface area contributed by atoms with Crippen molar-refractivity contribution in [2.24, 2.45) is 0 Å². The highest BCUT2D eigenvalue weighted by Crippen LogP contribution is 2.32. The highest BCUT2D eigenvalue weighted by atomic mass is 16.6. The summed E-state index contributed by atoms with van der Waals surface area (Å²) in [5, 5.41) is 13.3. The van der Waals surface area contributed by atoms with Gasteiger partial charge >= 0.3 is 6.09 Å². The number of nitrogens with zero attached hydrogens (tertiary/aromatic N) is 3. The van der Waals surface area contributed by atoms with Crippen LogP contribution in [0.15, 0.2) is 47.3 Å². The number of carboxylic acid groups (broad SMARTS) is 1. The molecule has 39 heavy (non-hydrogen) atoms. The van der Waals surface area contributed by atoms with Crippen molar-refractivity contribution in [1.82, 2.24) is 19.7 Å². The number of ether oxygens (including phenoxy) is 2. The SMILES string of the molecule is CNC(=O)c1cc(=O)n(CCN2CCC(N(Cc3ccc4c(c3)OCCO4)C(=O)O)CC2)c2cc(C)ccc12. The quantitative estimate of drug-likeness (QED) is 0.479. The summed E-state index contributed by atoms with van der Waals surface area (Å²) in [6.07, 6.45) is 0.482. The molecule has 10 heteroatoms. The van der Waals surface area contributed by atoms with Gasteiger partial charge in [-0.05, 0) is 49.1 Å². The summed E-state index contributed by atoms with van der Waals surface area (Å²) < 4.78 is 13.0. The summed E-state index contributed by atoms with van der Waals surface area (Å²) in [7, 11) is 1.55. The van der Waals surface area contributed by atoms with Crippen LogP contribution in [0.2, 0.25) is 0 Å². The van der Waals surface area contributed by atoms with Gasteiger partial charge in [0, 0.05) is 57.3 Å². The van der Waals surface area contributed by atoms with Crippen molar-refractivity contribution in [3.63, 3.8) is 0 Å². The lowest BCUT2D eigenvalue weighted by Crippen LogP contribution is -2.47. The molecule has 1 aromatic heterocycles. The second-order valence-corrected chi connectivity index (χ2v) is 10.1. The molecule has 0 unspecified atom stereocenters. The topological polar surface area (TPSA) is 113 Å². The molecule has 206 valence electrons. The van der Waals surface area contributed by atoms with Gasteiger partial charge < -0.3 is 34.3 Å². The van der Waals surface area contributed by atoms with Crippen LogP contribution in [0.1, 0.15) is 34.3 Å². The first-order valence-electron chi connectivity index (χ1n) is 13.3. The Balaban J connectivity index is 1.24. The van der Waals surface area contributed by atoms with Gasteiger partial charge in [-0.2, -0.15) is 0 Å². The van der Waals surface area contributed by atoms with E-state index in [-0.39, 0.29) is 24.1 Å². The van der Waals surface area contributed by atoms with Crippen molar-refractivity contribution in [3.05, 3.63) is 69.5 Å². The number of pyridine rings is 1. The molecule has 10 nitrogen and oxygen atoms in total. The second kappa shape index (κ2) is 11.4. The Hall–Kier alpha value is -4.05. The van der Waals surface area contributed by atoms with E-state index in [4.69, 9.17) is 9.47 Å². The van der Waals surface area contributed by atoms with E-state index in [1.54, 1.807) is 11.6 Å². The standard InChI is InChI=1S/C29H34N4O6/c1-19-3-5-22-23(28(35)30-2)17-27(34)32(24(22)15-19)12-11-31-9-7-21(8-10-31)33(29(36)37)18-20-4-6-25-26(16-20)39-14-13-38-25/h3-6,15-17,21H,7-14,18H2,1-2H3,(H,30,35)(H,36,37). The van der Waals surface area contributed by atoms with Crippen LogP contribution in [0.3, 0.4) is 0 Å². The van der Waals surface area contributed by atoms with Crippen LogP contribution in [-0.4, -0.2) is 77.4 Å². The first kappa shape index (κ1) is 26.6. The van der Waals surface area contributed by atoms with Crippen molar-refractivity contribution in [1.29, 1.82) is 0 Å². The van der Waals surface area contributed by atoms with Crippen molar-refractivity contribution in [2.45, 2.75) is 38.9 Å². The van der Waals surface area contributed by atoms with Gasteiger partial charge in [0.25, 0.3) is 11.5 Å². The van der Waals surface area contributed by atoms with E-state index in [1.165, 1.54) is 11.0 Å². The van der Waals surface area contributed by atoms with Gasteiger partial charge in [-0.3, -0.25) is 9.59 Å². The molecule has 2 aromatic carbocycles. The maximum atomic E-state index is 13.0. The van der Waals surface area contributed by atoms with Crippen LogP contribution in [-0.2, 0) is 13.1 Å². The third kappa shape index (κ3) is 5.70. The fraction of sp³-hybridized carbons (Fsp3) is 0.414. The van der Waals surface area contributed by atoms with Crippen LogP contribution in [0.4, 0.5) is 4.79 Å². The fourth-order valence-electron chi connectivity index (χ4n) is 5.48. The van der Waals surface area contributed by atoms with E-state index < -0.39 is 6.09 Å². The number of fused-ring (bicyclic) bond motifs is 2. The van der Waals surface area contributed by atoms with Crippen molar-refractivity contribution < 1.29 is 24.2 Å². The number of rotatable bonds is 7. The number of carbonyl (C=O) groups is 2. The number of amides is 2. The van der Waals surface area contributed by atoms with Gasteiger partial charge in [0.1, 0.15) is 13.2 Å². The Labute approximate surface area is 226 Å². The largest absolute Gasteiger partial charge is 0.486 e.